The molecule has 1 atom stereocenters. The first-order valence-corrected chi connectivity index (χ1v) is 5.71. The van der Waals surface area contributed by atoms with Gasteiger partial charge in [-0.25, -0.2) is 0 Å². The Kier molecular flexibility index (Phi) is 3.39. The molecule has 1 fully saturated rings. The average molecular weight is 203 g/mol. The molecule has 1 aliphatic heterocycles. The van der Waals surface area contributed by atoms with E-state index in [2.05, 4.69) is 42.3 Å². The third-order valence-electron chi connectivity index (χ3n) is 3.25. The summed E-state index contributed by atoms with van der Waals surface area (Å²) >= 11 is 0. The number of nitrogens with one attached hydrogen (secondary N) is 1. The van der Waals surface area contributed by atoms with E-state index < -0.39 is 0 Å². The highest BCUT2D eigenvalue weighted by Crippen LogP contribution is 2.22. The maximum Gasteiger partial charge on any atom is 0.0323 e. The first-order valence-electron chi connectivity index (χ1n) is 5.71. The molecule has 81 valence electrons. The lowest BCUT2D eigenvalue weighted by molar-refractivity contribution is 0.185. The highest BCUT2D eigenvalue weighted by Gasteiger charge is 2.18. The predicted molar refractivity (Wildman–Crippen MR) is 62.9 cm³/mol. The van der Waals surface area contributed by atoms with Gasteiger partial charge in [0.15, 0.2) is 0 Å². The van der Waals surface area contributed by atoms with Crippen molar-refractivity contribution >= 4 is 0 Å². The third-order valence-corrected chi connectivity index (χ3v) is 3.25. The van der Waals surface area contributed by atoms with Gasteiger partial charge in [0.2, 0.25) is 0 Å². The van der Waals surface area contributed by atoms with Crippen LogP contribution in [0.4, 0.5) is 0 Å². The fourth-order valence-corrected chi connectivity index (χ4v) is 2.25. The van der Waals surface area contributed by atoms with E-state index in [9.17, 15) is 0 Å². The highest BCUT2D eigenvalue weighted by atomic mass is 15.2. The lowest BCUT2D eigenvalue weighted by Crippen LogP contribution is -2.44. The molecule has 0 aromatic heterocycles. The lowest BCUT2D eigenvalue weighted by atomic mass is 10.0. The standard InChI is InChI=1S/C13H19N2/c1-11-5-3-4-6-13(11)12(2)15-9-7-14-8-10-15/h3-4,6,12,14H,7-10H2,1-2H3. The van der Waals surface area contributed by atoms with Crippen molar-refractivity contribution in [1.29, 1.82) is 0 Å². The monoisotopic (exact) mass is 203 g/mol. The molecule has 0 bridgehead atoms. The Bertz CT molecular complexity index is 316. The van der Waals surface area contributed by atoms with Gasteiger partial charge in [-0.3, -0.25) is 4.90 Å². The molecule has 0 spiro atoms. The van der Waals surface area contributed by atoms with Crippen molar-refractivity contribution < 1.29 is 0 Å². The summed E-state index contributed by atoms with van der Waals surface area (Å²) in [5.74, 6) is 0. The SMILES string of the molecule is Cc1[c]cccc1C(C)N1CCNCC1. The highest BCUT2D eigenvalue weighted by molar-refractivity contribution is 5.27. The van der Waals surface area contributed by atoms with Crippen LogP contribution in [0.3, 0.4) is 0 Å². The number of benzene rings is 1. The number of aryl methyl sites for hydroxylation is 1. The summed E-state index contributed by atoms with van der Waals surface area (Å²) in [6.07, 6.45) is 0. The van der Waals surface area contributed by atoms with Crippen molar-refractivity contribution in [3.8, 4) is 0 Å². The van der Waals surface area contributed by atoms with Gasteiger partial charge in [-0.2, -0.15) is 0 Å². The van der Waals surface area contributed by atoms with Gasteiger partial charge in [0.05, 0.1) is 0 Å². The van der Waals surface area contributed by atoms with Gasteiger partial charge in [-0.1, -0.05) is 18.2 Å². The summed E-state index contributed by atoms with van der Waals surface area (Å²) in [4.78, 5) is 2.53. The summed E-state index contributed by atoms with van der Waals surface area (Å²) in [6, 6.07) is 10.1. The van der Waals surface area contributed by atoms with E-state index >= 15 is 0 Å². The second kappa shape index (κ2) is 4.77. The molecule has 1 N–H and O–H groups in total. The maximum absolute atomic E-state index is 3.39. The first-order chi connectivity index (χ1) is 7.29. The summed E-state index contributed by atoms with van der Waals surface area (Å²) in [7, 11) is 0. The minimum atomic E-state index is 0.518. The van der Waals surface area contributed by atoms with E-state index in [0.717, 1.165) is 26.2 Å². The Morgan fingerprint density at radius 1 is 1.40 bits per heavy atom. The van der Waals surface area contributed by atoms with Gasteiger partial charge in [-0.15, -0.1) is 0 Å². The van der Waals surface area contributed by atoms with Gasteiger partial charge in [0, 0.05) is 32.2 Å². The minimum Gasteiger partial charge on any atom is -0.314 e. The lowest BCUT2D eigenvalue weighted by Gasteiger charge is -2.33. The fraction of sp³-hybridized carbons (Fsp3) is 0.538. The van der Waals surface area contributed by atoms with Crippen molar-refractivity contribution in [3.05, 3.63) is 35.4 Å². The molecule has 0 saturated carbocycles. The van der Waals surface area contributed by atoms with E-state index in [1.165, 1.54) is 11.1 Å². The van der Waals surface area contributed by atoms with Crippen molar-refractivity contribution in [2.75, 3.05) is 26.2 Å². The Hall–Kier alpha value is -0.860. The van der Waals surface area contributed by atoms with Crippen molar-refractivity contribution in [3.63, 3.8) is 0 Å². The van der Waals surface area contributed by atoms with Crippen LogP contribution >= 0.6 is 0 Å². The quantitative estimate of drug-likeness (QED) is 0.788. The summed E-state index contributed by atoms with van der Waals surface area (Å²) in [5, 5.41) is 3.39. The molecular formula is C13H19N2. The topological polar surface area (TPSA) is 15.3 Å². The van der Waals surface area contributed by atoms with Crippen LogP contribution in [-0.4, -0.2) is 31.1 Å². The molecule has 1 aromatic rings. The molecule has 1 radical (unpaired) electrons. The molecule has 2 nitrogen and oxygen atoms in total. The Balaban J connectivity index is 2.12. The first kappa shape index (κ1) is 10.7. The van der Waals surface area contributed by atoms with E-state index in [-0.39, 0.29) is 0 Å². The van der Waals surface area contributed by atoms with Crippen LogP contribution in [0.1, 0.15) is 24.1 Å². The van der Waals surface area contributed by atoms with E-state index in [1.54, 1.807) is 0 Å². The predicted octanol–water partition coefficient (Wildman–Crippen LogP) is 1.76. The normalized spacial score (nSPS) is 20.1. The van der Waals surface area contributed by atoms with Crippen LogP contribution < -0.4 is 5.32 Å². The number of hydrogen-bond donors (Lipinski definition) is 1. The Labute approximate surface area is 92.3 Å². The van der Waals surface area contributed by atoms with Gasteiger partial charge in [0.1, 0.15) is 0 Å². The van der Waals surface area contributed by atoms with Crippen LogP contribution in [0.5, 0.6) is 0 Å². The molecule has 1 unspecified atom stereocenters. The zero-order valence-corrected chi connectivity index (χ0v) is 9.59. The van der Waals surface area contributed by atoms with Crippen LogP contribution in [0.15, 0.2) is 18.2 Å². The zero-order chi connectivity index (χ0) is 10.7. The van der Waals surface area contributed by atoms with Crippen molar-refractivity contribution in [2.45, 2.75) is 19.9 Å². The largest absolute Gasteiger partial charge is 0.314 e. The van der Waals surface area contributed by atoms with Crippen LogP contribution in [-0.2, 0) is 0 Å². The summed E-state index contributed by atoms with van der Waals surface area (Å²) in [6.45, 7) is 8.96. The molecule has 2 rings (SSSR count). The molecule has 1 saturated heterocycles. The summed E-state index contributed by atoms with van der Waals surface area (Å²) < 4.78 is 0. The number of nitrogens with zero attached hydrogens (tertiary/aromatic N) is 1. The number of hydrogen-bond acceptors (Lipinski definition) is 2. The van der Waals surface area contributed by atoms with E-state index in [4.69, 9.17) is 0 Å². The minimum absolute atomic E-state index is 0.518. The molecule has 1 heterocycles. The van der Waals surface area contributed by atoms with Crippen LogP contribution in [0.2, 0.25) is 0 Å². The van der Waals surface area contributed by atoms with Crippen LogP contribution in [0.25, 0.3) is 0 Å². The third kappa shape index (κ3) is 2.39. The Morgan fingerprint density at radius 2 is 2.13 bits per heavy atom. The summed E-state index contributed by atoms with van der Waals surface area (Å²) in [5.41, 5.74) is 2.70. The van der Waals surface area contributed by atoms with Gasteiger partial charge in [0.25, 0.3) is 0 Å². The zero-order valence-electron chi connectivity index (χ0n) is 9.59. The smallest absolute Gasteiger partial charge is 0.0323 e. The Morgan fingerprint density at radius 3 is 2.80 bits per heavy atom. The number of piperazine rings is 1. The van der Waals surface area contributed by atoms with Gasteiger partial charge in [-0.05, 0) is 31.0 Å². The molecule has 2 heteroatoms. The van der Waals surface area contributed by atoms with Crippen LogP contribution in [0, 0.1) is 13.0 Å². The number of rotatable bonds is 2. The molecule has 1 aromatic carbocycles. The second-order valence-corrected chi connectivity index (χ2v) is 4.21. The molecular weight excluding hydrogens is 184 g/mol. The van der Waals surface area contributed by atoms with Gasteiger partial charge < -0.3 is 5.32 Å². The van der Waals surface area contributed by atoms with E-state index in [0.29, 0.717) is 6.04 Å². The molecule has 15 heavy (non-hydrogen) atoms. The van der Waals surface area contributed by atoms with Crippen molar-refractivity contribution in [2.24, 2.45) is 0 Å². The van der Waals surface area contributed by atoms with E-state index in [1.807, 2.05) is 6.07 Å². The fourth-order valence-electron chi connectivity index (χ4n) is 2.25. The molecule has 1 aliphatic rings. The van der Waals surface area contributed by atoms with Gasteiger partial charge >= 0.3 is 0 Å². The molecule has 0 amide bonds. The second-order valence-electron chi connectivity index (χ2n) is 4.21. The maximum atomic E-state index is 3.39. The van der Waals surface area contributed by atoms with Crippen molar-refractivity contribution in [1.82, 2.24) is 10.2 Å². The average Bonchev–Trinajstić information content (AvgIpc) is 2.30. The molecule has 0 aliphatic carbocycles.